The standard InChI is InChI=1S/C22H28BN7O8/c1-4-35-22(32)30(12-14-7-5-8-15(11-14)37-13-16(24)34-3)19-17(29(2)33)18(25)27-20(28-19)36-10-6-9-26-21(31)38-23/h5,7-8,11,24H,2,4,6,9-10,12-13H2,1,3H3,(H,26,31)(H2,25,27,28). The minimum Gasteiger partial charge on any atom is -0.619 e. The van der Waals surface area contributed by atoms with Crippen LogP contribution in [0.25, 0.3) is 0 Å². The minimum absolute atomic E-state index is 0.0422. The van der Waals surface area contributed by atoms with Crippen LogP contribution >= 0.6 is 0 Å². The van der Waals surface area contributed by atoms with Crippen molar-refractivity contribution in [2.75, 3.05) is 44.1 Å². The number of ether oxygens (including phenoxy) is 4. The van der Waals surface area contributed by atoms with Crippen molar-refractivity contribution in [3.63, 3.8) is 0 Å². The highest BCUT2D eigenvalue weighted by molar-refractivity contribution is 6.04. The zero-order chi connectivity index (χ0) is 28.1. The molecule has 0 spiro atoms. The number of nitrogens with two attached hydrogens (primary N) is 1. The van der Waals surface area contributed by atoms with Gasteiger partial charge in [-0.3, -0.25) is 10.3 Å². The Morgan fingerprint density at radius 3 is 2.74 bits per heavy atom. The van der Waals surface area contributed by atoms with E-state index in [1.165, 1.54) is 7.11 Å². The molecular weight excluding hydrogens is 501 g/mol. The number of anilines is 2. The first-order valence-corrected chi connectivity index (χ1v) is 11.2. The maximum atomic E-state index is 13.0. The molecule has 0 bridgehead atoms. The molecule has 1 aromatic carbocycles. The topological polar surface area (TPSA) is 197 Å². The highest BCUT2D eigenvalue weighted by Gasteiger charge is 2.30. The van der Waals surface area contributed by atoms with Gasteiger partial charge in [0.05, 0.1) is 26.9 Å². The number of carbonyl (C=O) groups is 2. The summed E-state index contributed by atoms with van der Waals surface area (Å²) in [6.45, 7) is 5.00. The molecule has 2 radical (unpaired) electrons. The van der Waals surface area contributed by atoms with Crippen molar-refractivity contribution in [3.8, 4) is 11.8 Å². The van der Waals surface area contributed by atoms with Crippen molar-refractivity contribution in [3.05, 3.63) is 35.0 Å². The number of hydrogen-bond donors (Lipinski definition) is 3. The van der Waals surface area contributed by atoms with E-state index in [2.05, 4.69) is 26.7 Å². The average molecular weight is 529 g/mol. The summed E-state index contributed by atoms with van der Waals surface area (Å²) < 4.78 is 25.2. The predicted molar refractivity (Wildman–Crippen MR) is 137 cm³/mol. The molecule has 202 valence electrons. The van der Waals surface area contributed by atoms with Crippen molar-refractivity contribution in [1.29, 1.82) is 5.41 Å². The summed E-state index contributed by atoms with van der Waals surface area (Å²) in [5.41, 5.74) is 6.29. The van der Waals surface area contributed by atoms with E-state index in [9.17, 15) is 14.8 Å². The van der Waals surface area contributed by atoms with E-state index in [0.29, 0.717) is 17.7 Å². The first-order valence-electron chi connectivity index (χ1n) is 11.2. The van der Waals surface area contributed by atoms with Gasteiger partial charge in [-0.2, -0.15) is 14.7 Å². The third-order valence-electron chi connectivity index (χ3n) is 4.65. The summed E-state index contributed by atoms with van der Waals surface area (Å²) in [7, 11) is 6.11. The summed E-state index contributed by atoms with van der Waals surface area (Å²) >= 11 is 0. The van der Waals surface area contributed by atoms with Crippen molar-refractivity contribution >= 4 is 50.2 Å². The Balaban J connectivity index is 2.35. The van der Waals surface area contributed by atoms with E-state index in [1.54, 1.807) is 31.2 Å². The molecule has 0 saturated heterocycles. The number of nitrogen functional groups attached to an aromatic ring is 1. The molecule has 0 aliphatic heterocycles. The van der Waals surface area contributed by atoms with Gasteiger partial charge in [0, 0.05) is 6.54 Å². The SMILES string of the molecule is [B]OC(=O)NCCCOc1nc(N)c([N+](=C)[O-])c(N(Cc2cccc(OCC(=N)OC)c2)C(=O)OCC)n1. The van der Waals surface area contributed by atoms with Crippen LogP contribution in [0.15, 0.2) is 24.3 Å². The quantitative estimate of drug-likeness (QED) is 0.0649. The van der Waals surface area contributed by atoms with E-state index in [0.717, 1.165) is 4.90 Å². The minimum atomic E-state index is -0.823. The normalized spacial score (nSPS) is 10.2. The Kier molecular flexibility index (Phi) is 11.4. The maximum Gasteiger partial charge on any atom is 0.415 e. The molecule has 0 aliphatic rings. The zero-order valence-electron chi connectivity index (χ0n) is 21.0. The largest absolute Gasteiger partial charge is 0.619 e. The lowest BCUT2D eigenvalue weighted by Gasteiger charge is -2.23. The monoisotopic (exact) mass is 529 g/mol. The fourth-order valence-corrected chi connectivity index (χ4v) is 2.95. The molecule has 0 saturated carbocycles. The highest BCUT2D eigenvalue weighted by Crippen LogP contribution is 2.34. The summed E-state index contributed by atoms with van der Waals surface area (Å²) in [6.07, 6.45) is -1.30. The fraction of sp³-hybridized carbons (Fsp3) is 0.364. The lowest BCUT2D eigenvalue weighted by Crippen LogP contribution is -2.33. The van der Waals surface area contributed by atoms with Gasteiger partial charge in [0.1, 0.15) is 12.5 Å². The molecule has 2 aromatic rings. The molecule has 2 amide bonds. The number of rotatable bonds is 13. The molecule has 2 rings (SSSR count). The second kappa shape index (κ2) is 14.7. The van der Waals surface area contributed by atoms with E-state index in [1.807, 2.05) is 0 Å². The number of nitrogens with one attached hydrogen (secondary N) is 2. The zero-order valence-corrected chi connectivity index (χ0v) is 21.0. The summed E-state index contributed by atoms with van der Waals surface area (Å²) in [5.74, 6) is -0.148. The number of benzene rings is 1. The van der Waals surface area contributed by atoms with E-state index in [4.69, 9.17) is 38.1 Å². The van der Waals surface area contributed by atoms with Gasteiger partial charge in [0.15, 0.2) is 6.61 Å². The molecule has 15 nitrogen and oxygen atoms in total. The number of hydrogen-bond acceptors (Lipinski definition) is 12. The van der Waals surface area contributed by atoms with Crippen LogP contribution in [0.4, 0.5) is 26.9 Å². The van der Waals surface area contributed by atoms with Crippen molar-refractivity contribution in [2.45, 2.75) is 19.9 Å². The van der Waals surface area contributed by atoms with Crippen LogP contribution in [-0.4, -0.2) is 81.0 Å². The van der Waals surface area contributed by atoms with Crippen molar-refractivity contribution in [1.82, 2.24) is 15.3 Å². The first kappa shape index (κ1) is 29.5. The number of nitrogens with zero attached hydrogens (tertiary/aromatic N) is 4. The number of amides is 2. The predicted octanol–water partition coefficient (Wildman–Crippen LogP) is 1.65. The molecule has 38 heavy (non-hydrogen) atoms. The van der Waals surface area contributed by atoms with Gasteiger partial charge in [-0.25, -0.2) is 9.59 Å². The van der Waals surface area contributed by atoms with Gasteiger partial charge in [-0.05, 0) is 31.0 Å². The molecule has 1 heterocycles. The highest BCUT2D eigenvalue weighted by atomic mass is 16.6. The van der Waals surface area contributed by atoms with E-state index in [-0.39, 0.29) is 66.9 Å². The van der Waals surface area contributed by atoms with Crippen LogP contribution in [0.1, 0.15) is 18.9 Å². The van der Waals surface area contributed by atoms with Gasteiger partial charge in [0.2, 0.25) is 17.5 Å². The molecule has 0 unspecified atom stereocenters. The Labute approximate surface area is 220 Å². The van der Waals surface area contributed by atoms with Crippen LogP contribution in [0, 0.1) is 10.6 Å². The molecule has 16 heteroatoms. The second-order valence-corrected chi connectivity index (χ2v) is 7.32. The van der Waals surface area contributed by atoms with Gasteiger partial charge in [-0.15, -0.1) is 0 Å². The lowest BCUT2D eigenvalue weighted by molar-refractivity contribution is -0.348. The van der Waals surface area contributed by atoms with Crippen molar-refractivity contribution < 1.29 is 37.9 Å². The van der Waals surface area contributed by atoms with Gasteiger partial charge < -0.3 is 39.9 Å². The van der Waals surface area contributed by atoms with Crippen LogP contribution < -0.4 is 25.4 Å². The van der Waals surface area contributed by atoms with Gasteiger partial charge in [0.25, 0.3) is 0 Å². The Hall–Kier alpha value is -4.76. The third-order valence-corrected chi connectivity index (χ3v) is 4.65. The maximum absolute atomic E-state index is 13.0. The van der Waals surface area contributed by atoms with E-state index < -0.39 is 12.2 Å². The molecular formula is C22H28BN7O8. The Morgan fingerprint density at radius 2 is 2.08 bits per heavy atom. The fourth-order valence-electron chi connectivity index (χ4n) is 2.95. The molecule has 4 N–H and O–H groups in total. The summed E-state index contributed by atoms with van der Waals surface area (Å²) in [6, 6.07) is 6.47. The summed E-state index contributed by atoms with van der Waals surface area (Å²) in [5, 5.41) is 22.2. The number of carbonyl (C=O) groups excluding carboxylic acids is 2. The van der Waals surface area contributed by atoms with Crippen LogP contribution in [0.3, 0.4) is 0 Å². The number of methoxy groups -OCH3 is 1. The van der Waals surface area contributed by atoms with E-state index >= 15 is 0 Å². The van der Waals surface area contributed by atoms with Crippen LogP contribution in [-0.2, 0) is 20.7 Å². The molecule has 1 aromatic heterocycles. The smallest absolute Gasteiger partial charge is 0.415 e. The van der Waals surface area contributed by atoms with Crippen LogP contribution in [0.2, 0.25) is 0 Å². The second-order valence-electron chi connectivity index (χ2n) is 7.32. The molecule has 0 atom stereocenters. The first-order chi connectivity index (χ1) is 18.2. The Bertz CT molecular complexity index is 1150. The lowest BCUT2D eigenvalue weighted by atomic mass is 10.2. The van der Waals surface area contributed by atoms with Gasteiger partial charge in [-0.1, -0.05) is 12.1 Å². The molecule has 0 fully saturated rings. The van der Waals surface area contributed by atoms with Gasteiger partial charge >= 0.3 is 31.9 Å². The Morgan fingerprint density at radius 1 is 1.32 bits per heavy atom. The van der Waals surface area contributed by atoms with Crippen LogP contribution in [0.5, 0.6) is 11.8 Å². The molecule has 0 aliphatic carbocycles. The number of aromatic nitrogens is 2. The third kappa shape index (κ3) is 8.72. The average Bonchev–Trinajstić information content (AvgIpc) is 2.89. The summed E-state index contributed by atoms with van der Waals surface area (Å²) in [4.78, 5) is 33.2. The van der Waals surface area contributed by atoms with Crippen molar-refractivity contribution in [2.24, 2.45) is 0 Å².